The van der Waals surface area contributed by atoms with Gasteiger partial charge in [0.15, 0.2) is 0 Å². The van der Waals surface area contributed by atoms with Crippen molar-refractivity contribution in [1.29, 1.82) is 0 Å². The summed E-state index contributed by atoms with van der Waals surface area (Å²) in [5.41, 5.74) is 0.853. The van der Waals surface area contributed by atoms with Gasteiger partial charge in [-0.2, -0.15) is 0 Å². The van der Waals surface area contributed by atoms with Gasteiger partial charge >= 0.3 is 0 Å². The van der Waals surface area contributed by atoms with Crippen LogP contribution in [0.25, 0.3) is 0 Å². The van der Waals surface area contributed by atoms with Gasteiger partial charge in [0.2, 0.25) is 5.91 Å². The molecule has 10 nitrogen and oxygen atoms in total. The molecule has 4 aromatic rings. The molecule has 0 saturated heterocycles. The average molecular weight is 616 g/mol. The van der Waals surface area contributed by atoms with E-state index in [1.807, 2.05) is 0 Å². The molecule has 0 aromatic heterocycles. The predicted molar refractivity (Wildman–Crippen MR) is 158 cm³/mol. The molecular weight excluding hydrogens is 590 g/mol. The molecule has 4 aromatic carbocycles. The van der Waals surface area contributed by atoms with Crippen LogP contribution in [0.5, 0.6) is 11.5 Å². The van der Waals surface area contributed by atoms with Crippen molar-refractivity contribution in [3.05, 3.63) is 102 Å². The minimum Gasteiger partial charge on any atom is -0.497 e. The second-order valence-corrected chi connectivity index (χ2v) is 12.6. The Hall–Kier alpha value is -4.26. The molecule has 0 aliphatic rings. The number of carbonyl (C=O) groups is 1. The first-order valence-electron chi connectivity index (χ1n) is 12.0. The molecule has 0 aliphatic carbocycles. The SMILES string of the molecule is COc1ccc(NS(=O)(=O)c2ccc(NC(=O)CN(c3ccc(Cl)cc3)S(=O)(=O)c3ccc(OC)cc3)cc2)cc1. The largest absolute Gasteiger partial charge is 0.497 e. The Bertz CT molecular complexity index is 1710. The first-order valence-corrected chi connectivity index (χ1v) is 15.3. The third kappa shape index (κ3) is 7.28. The van der Waals surface area contributed by atoms with E-state index in [2.05, 4.69) is 10.0 Å². The Labute approximate surface area is 243 Å². The standard InChI is InChI=1S/C28H26ClN3O7S2/c1-38-24-11-5-22(6-12-24)31-40(34,35)26-15-7-21(8-16-26)30-28(33)19-32(23-9-3-20(29)4-10-23)41(36,37)27-17-13-25(39-2)14-18-27/h3-18,31H,19H2,1-2H3,(H,30,33). The van der Waals surface area contributed by atoms with Crippen molar-refractivity contribution in [3.63, 3.8) is 0 Å². The molecule has 0 fully saturated rings. The summed E-state index contributed by atoms with van der Waals surface area (Å²) in [4.78, 5) is 12.9. The van der Waals surface area contributed by atoms with Gasteiger partial charge in [-0.3, -0.25) is 13.8 Å². The number of sulfonamides is 2. The Morgan fingerprint density at radius 1 is 0.707 bits per heavy atom. The maximum Gasteiger partial charge on any atom is 0.264 e. The molecule has 0 bridgehead atoms. The van der Waals surface area contributed by atoms with E-state index in [-0.39, 0.29) is 21.2 Å². The van der Waals surface area contributed by atoms with Crippen LogP contribution in [0, 0.1) is 0 Å². The summed E-state index contributed by atoms with van der Waals surface area (Å²) < 4.78 is 66.2. The summed E-state index contributed by atoms with van der Waals surface area (Å²) >= 11 is 5.98. The van der Waals surface area contributed by atoms with Gasteiger partial charge in [-0.1, -0.05) is 11.6 Å². The summed E-state index contributed by atoms with van der Waals surface area (Å²) in [5.74, 6) is 0.410. The fraction of sp³-hybridized carbons (Fsp3) is 0.107. The van der Waals surface area contributed by atoms with Crippen LogP contribution in [-0.2, 0) is 24.8 Å². The molecule has 0 saturated carbocycles. The fourth-order valence-corrected chi connectivity index (χ4v) is 6.32. The molecule has 214 valence electrons. The van der Waals surface area contributed by atoms with E-state index >= 15 is 0 Å². The number of nitrogens with zero attached hydrogens (tertiary/aromatic N) is 1. The number of rotatable bonds is 11. The van der Waals surface area contributed by atoms with Crippen molar-refractivity contribution in [2.45, 2.75) is 9.79 Å². The predicted octanol–water partition coefficient (Wildman–Crippen LogP) is 4.99. The average Bonchev–Trinajstić information content (AvgIpc) is 2.97. The number of amides is 1. The zero-order valence-corrected chi connectivity index (χ0v) is 24.3. The van der Waals surface area contributed by atoms with E-state index in [1.165, 1.54) is 87.0 Å². The van der Waals surface area contributed by atoms with E-state index in [9.17, 15) is 21.6 Å². The van der Waals surface area contributed by atoms with E-state index in [4.69, 9.17) is 21.1 Å². The van der Waals surface area contributed by atoms with Crippen LogP contribution in [-0.4, -0.2) is 43.5 Å². The summed E-state index contributed by atoms with van der Waals surface area (Å²) in [7, 11) is -5.09. The van der Waals surface area contributed by atoms with Gasteiger partial charge in [-0.15, -0.1) is 0 Å². The lowest BCUT2D eigenvalue weighted by atomic mass is 10.3. The summed E-state index contributed by atoms with van der Waals surface area (Å²) in [5, 5.41) is 3.02. The highest BCUT2D eigenvalue weighted by Crippen LogP contribution is 2.27. The molecule has 0 radical (unpaired) electrons. The van der Waals surface area contributed by atoms with Crippen LogP contribution in [0.4, 0.5) is 17.1 Å². The quantitative estimate of drug-likeness (QED) is 0.243. The zero-order valence-electron chi connectivity index (χ0n) is 21.9. The maximum atomic E-state index is 13.5. The van der Waals surface area contributed by atoms with Crippen molar-refractivity contribution in [2.75, 3.05) is 35.1 Å². The minimum atomic E-state index is -4.16. The number of methoxy groups -OCH3 is 2. The van der Waals surface area contributed by atoms with Gasteiger partial charge in [-0.05, 0) is 97.1 Å². The van der Waals surface area contributed by atoms with Crippen LogP contribution < -0.4 is 23.8 Å². The Morgan fingerprint density at radius 2 is 1.20 bits per heavy atom. The van der Waals surface area contributed by atoms with Crippen molar-refractivity contribution >= 4 is 54.6 Å². The van der Waals surface area contributed by atoms with E-state index in [0.717, 1.165) is 4.31 Å². The van der Waals surface area contributed by atoms with Gasteiger partial charge < -0.3 is 14.8 Å². The third-order valence-electron chi connectivity index (χ3n) is 5.84. The first-order chi connectivity index (χ1) is 19.5. The van der Waals surface area contributed by atoms with Crippen molar-refractivity contribution in [3.8, 4) is 11.5 Å². The molecule has 0 aliphatic heterocycles. The molecule has 0 spiro atoms. The molecule has 41 heavy (non-hydrogen) atoms. The van der Waals surface area contributed by atoms with E-state index < -0.39 is 32.5 Å². The van der Waals surface area contributed by atoms with Crippen LogP contribution in [0.1, 0.15) is 0 Å². The second kappa shape index (κ2) is 12.5. The number of nitrogens with one attached hydrogen (secondary N) is 2. The van der Waals surface area contributed by atoms with Crippen LogP contribution in [0.3, 0.4) is 0 Å². The minimum absolute atomic E-state index is 0.0313. The van der Waals surface area contributed by atoms with Crippen LogP contribution in [0.2, 0.25) is 5.02 Å². The second-order valence-electron chi connectivity index (χ2n) is 8.57. The number of hydrogen-bond acceptors (Lipinski definition) is 7. The van der Waals surface area contributed by atoms with E-state index in [1.54, 1.807) is 24.3 Å². The van der Waals surface area contributed by atoms with Crippen LogP contribution in [0.15, 0.2) is 107 Å². The molecule has 0 heterocycles. The first kappa shape index (κ1) is 29.7. The highest BCUT2D eigenvalue weighted by molar-refractivity contribution is 7.93. The monoisotopic (exact) mass is 615 g/mol. The molecule has 13 heteroatoms. The number of anilines is 3. The molecule has 1 amide bonds. The Kier molecular flexibility index (Phi) is 9.06. The third-order valence-corrected chi connectivity index (χ3v) is 9.28. The summed E-state index contributed by atoms with van der Waals surface area (Å²) in [6.07, 6.45) is 0. The molecule has 2 N–H and O–H groups in total. The number of carbonyl (C=O) groups excluding carboxylic acids is 1. The molecule has 0 atom stereocenters. The van der Waals surface area contributed by atoms with Gasteiger partial charge in [0, 0.05) is 16.4 Å². The molecule has 4 rings (SSSR count). The number of halogens is 1. The number of benzene rings is 4. The highest BCUT2D eigenvalue weighted by Gasteiger charge is 2.27. The van der Waals surface area contributed by atoms with Gasteiger partial charge in [0.25, 0.3) is 20.0 Å². The lowest BCUT2D eigenvalue weighted by molar-refractivity contribution is -0.114. The molecule has 0 unspecified atom stereocenters. The van der Waals surface area contributed by atoms with Crippen molar-refractivity contribution < 1.29 is 31.1 Å². The summed E-state index contributed by atoms with van der Waals surface area (Å²) in [6.45, 7) is -0.560. The van der Waals surface area contributed by atoms with Gasteiger partial charge in [-0.25, -0.2) is 16.8 Å². The fourth-order valence-electron chi connectivity index (χ4n) is 3.72. The normalized spacial score (nSPS) is 11.4. The van der Waals surface area contributed by atoms with Gasteiger partial charge in [0.1, 0.15) is 18.0 Å². The number of hydrogen-bond donors (Lipinski definition) is 2. The Balaban J connectivity index is 1.51. The smallest absolute Gasteiger partial charge is 0.264 e. The highest BCUT2D eigenvalue weighted by atomic mass is 35.5. The van der Waals surface area contributed by atoms with Crippen LogP contribution >= 0.6 is 11.6 Å². The summed E-state index contributed by atoms with van der Waals surface area (Å²) in [6, 6.07) is 23.6. The van der Waals surface area contributed by atoms with Crippen molar-refractivity contribution in [2.24, 2.45) is 0 Å². The zero-order chi connectivity index (χ0) is 29.6. The maximum absolute atomic E-state index is 13.5. The topological polar surface area (TPSA) is 131 Å². The lowest BCUT2D eigenvalue weighted by Gasteiger charge is -2.24. The lowest BCUT2D eigenvalue weighted by Crippen LogP contribution is -2.38. The van der Waals surface area contributed by atoms with E-state index in [0.29, 0.717) is 22.2 Å². The van der Waals surface area contributed by atoms with Crippen molar-refractivity contribution in [1.82, 2.24) is 0 Å². The Morgan fingerprint density at radius 3 is 1.73 bits per heavy atom. The van der Waals surface area contributed by atoms with Gasteiger partial charge in [0.05, 0.1) is 29.7 Å². The molecular formula is C28H26ClN3O7S2. The number of ether oxygens (including phenoxy) is 2.